The first-order valence-electron chi connectivity index (χ1n) is 11.2. The number of esters is 1. The molecule has 162 valence electrons. The molecular formula is C26H32F2O2. The molecule has 4 heteroatoms. The maximum absolute atomic E-state index is 14.6. The standard InChI is InChI=1S/C26H32F2O2/c1-3-4-5-19-6-9-21(10-7-19)18(2)16-20-8-15-24(25(28)17-20)26(29)30-23-13-11-22(27)12-14-23/h8,11-15,17-19,21H,3-7,9-10,16H2,1-2H3. The molecule has 0 radical (unpaired) electrons. The SMILES string of the molecule is CCCCC1CCC(C(C)Cc2ccc(C(=O)Oc3ccc(F)cc3)c(F)c2)CC1. The predicted molar refractivity (Wildman–Crippen MR) is 116 cm³/mol. The first-order chi connectivity index (χ1) is 14.5. The summed E-state index contributed by atoms with van der Waals surface area (Å²) >= 11 is 0. The molecule has 1 unspecified atom stereocenters. The largest absolute Gasteiger partial charge is 0.423 e. The van der Waals surface area contributed by atoms with Crippen molar-refractivity contribution >= 4 is 5.97 Å². The lowest BCUT2D eigenvalue weighted by Gasteiger charge is -2.32. The highest BCUT2D eigenvalue weighted by atomic mass is 19.1. The fraction of sp³-hybridized carbons (Fsp3) is 0.500. The van der Waals surface area contributed by atoms with Gasteiger partial charge in [0.25, 0.3) is 0 Å². The van der Waals surface area contributed by atoms with E-state index in [-0.39, 0.29) is 11.3 Å². The van der Waals surface area contributed by atoms with E-state index in [0.29, 0.717) is 11.8 Å². The molecule has 0 saturated heterocycles. The van der Waals surface area contributed by atoms with Crippen molar-refractivity contribution in [3.63, 3.8) is 0 Å². The van der Waals surface area contributed by atoms with Gasteiger partial charge in [0.05, 0.1) is 5.56 Å². The molecule has 3 rings (SSSR count). The Morgan fingerprint density at radius 1 is 1.07 bits per heavy atom. The number of carbonyl (C=O) groups excluding carboxylic acids is 1. The molecule has 0 N–H and O–H groups in total. The Morgan fingerprint density at radius 3 is 2.40 bits per heavy atom. The summed E-state index contributed by atoms with van der Waals surface area (Å²) in [5.74, 6) is 0.487. The molecule has 0 amide bonds. The topological polar surface area (TPSA) is 26.3 Å². The highest BCUT2D eigenvalue weighted by Crippen LogP contribution is 2.36. The van der Waals surface area contributed by atoms with E-state index < -0.39 is 17.6 Å². The number of hydrogen-bond acceptors (Lipinski definition) is 2. The third-order valence-electron chi connectivity index (χ3n) is 6.50. The molecule has 1 atom stereocenters. The quantitative estimate of drug-likeness (QED) is 0.333. The van der Waals surface area contributed by atoms with Crippen LogP contribution in [-0.2, 0) is 6.42 Å². The molecule has 30 heavy (non-hydrogen) atoms. The minimum atomic E-state index is -0.774. The number of halogens is 2. The molecule has 1 aliphatic carbocycles. The van der Waals surface area contributed by atoms with E-state index in [0.717, 1.165) is 17.9 Å². The molecule has 2 aromatic carbocycles. The van der Waals surface area contributed by atoms with Crippen LogP contribution in [0, 0.1) is 29.4 Å². The van der Waals surface area contributed by atoms with Gasteiger partial charge in [-0.15, -0.1) is 0 Å². The summed E-state index contributed by atoms with van der Waals surface area (Å²) in [6.07, 6.45) is 9.94. The molecular weight excluding hydrogens is 382 g/mol. The third-order valence-corrected chi connectivity index (χ3v) is 6.50. The summed E-state index contributed by atoms with van der Waals surface area (Å²) in [7, 11) is 0. The van der Waals surface area contributed by atoms with Crippen molar-refractivity contribution in [2.75, 3.05) is 0 Å². The summed E-state index contributed by atoms with van der Waals surface area (Å²) in [5, 5.41) is 0. The molecule has 2 aromatic rings. The molecule has 1 fully saturated rings. The zero-order chi connectivity index (χ0) is 21.5. The number of hydrogen-bond donors (Lipinski definition) is 0. The van der Waals surface area contributed by atoms with E-state index in [1.165, 1.54) is 81.3 Å². The fourth-order valence-corrected chi connectivity index (χ4v) is 4.59. The number of ether oxygens (including phenoxy) is 1. The molecule has 0 aromatic heterocycles. The molecule has 0 heterocycles. The number of unbranched alkanes of at least 4 members (excludes halogenated alkanes) is 1. The van der Waals surface area contributed by atoms with E-state index in [4.69, 9.17) is 4.74 Å². The molecule has 0 aliphatic heterocycles. The van der Waals surface area contributed by atoms with Crippen molar-refractivity contribution in [1.29, 1.82) is 0 Å². The smallest absolute Gasteiger partial charge is 0.346 e. The van der Waals surface area contributed by atoms with Gasteiger partial charge in [-0.1, -0.05) is 52.0 Å². The van der Waals surface area contributed by atoms with E-state index in [9.17, 15) is 13.6 Å². The van der Waals surface area contributed by atoms with Gasteiger partial charge in [0.1, 0.15) is 17.4 Å². The van der Waals surface area contributed by atoms with Crippen LogP contribution in [0.3, 0.4) is 0 Å². The number of carbonyl (C=O) groups is 1. The van der Waals surface area contributed by atoms with E-state index >= 15 is 0 Å². The molecule has 1 aliphatic rings. The second-order valence-electron chi connectivity index (χ2n) is 8.76. The van der Waals surface area contributed by atoms with Crippen molar-refractivity contribution in [2.24, 2.45) is 17.8 Å². The van der Waals surface area contributed by atoms with Crippen LogP contribution < -0.4 is 4.74 Å². The lowest BCUT2D eigenvalue weighted by molar-refractivity contribution is 0.0729. The average molecular weight is 415 g/mol. The lowest BCUT2D eigenvalue weighted by atomic mass is 9.73. The number of benzene rings is 2. The maximum atomic E-state index is 14.6. The molecule has 1 saturated carbocycles. The Morgan fingerprint density at radius 2 is 1.77 bits per heavy atom. The lowest BCUT2D eigenvalue weighted by Crippen LogP contribution is -2.21. The summed E-state index contributed by atoms with van der Waals surface area (Å²) < 4.78 is 32.7. The molecule has 0 spiro atoms. The first-order valence-corrected chi connectivity index (χ1v) is 11.2. The van der Waals surface area contributed by atoms with Gasteiger partial charge in [0.2, 0.25) is 0 Å². The highest BCUT2D eigenvalue weighted by Gasteiger charge is 2.25. The second-order valence-corrected chi connectivity index (χ2v) is 8.76. The van der Waals surface area contributed by atoms with Crippen LogP contribution in [0.5, 0.6) is 5.75 Å². The monoisotopic (exact) mass is 414 g/mol. The van der Waals surface area contributed by atoms with Gasteiger partial charge in [-0.05, 0) is 79.0 Å². The number of rotatable bonds is 8. The maximum Gasteiger partial charge on any atom is 0.346 e. The van der Waals surface area contributed by atoms with E-state index in [2.05, 4.69) is 13.8 Å². The Bertz CT molecular complexity index is 823. The van der Waals surface area contributed by atoms with Crippen molar-refractivity contribution < 1.29 is 18.3 Å². The fourth-order valence-electron chi connectivity index (χ4n) is 4.59. The summed E-state index contributed by atoms with van der Waals surface area (Å²) in [4.78, 5) is 12.3. The van der Waals surface area contributed by atoms with E-state index in [1.807, 2.05) is 6.07 Å². The Balaban J connectivity index is 1.54. The van der Waals surface area contributed by atoms with Crippen LogP contribution >= 0.6 is 0 Å². The molecule has 0 bridgehead atoms. The Hall–Kier alpha value is -2.23. The van der Waals surface area contributed by atoms with Crippen LogP contribution in [-0.4, -0.2) is 5.97 Å². The van der Waals surface area contributed by atoms with E-state index in [1.54, 1.807) is 0 Å². The van der Waals surface area contributed by atoms with Crippen LogP contribution in [0.4, 0.5) is 8.78 Å². The van der Waals surface area contributed by atoms with Gasteiger partial charge in [-0.2, -0.15) is 0 Å². The zero-order valence-electron chi connectivity index (χ0n) is 18.0. The average Bonchev–Trinajstić information content (AvgIpc) is 2.74. The van der Waals surface area contributed by atoms with Crippen LogP contribution in [0.25, 0.3) is 0 Å². The van der Waals surface area contributed by atoms with Crippen LogP contribution in [0.15, 0.2) is 42.5 Å². The minimum absolute atomic E-state index is 0.104. The highest BCUT2D eigenvalue weighted by molar-refractivity contribution is 5.91. The molecule has 2 nitrogen and oxygen atoms in total. The van der Waals surface area contributed by atoms with Crippen molar-refractivity contribution in [1.82, 2.24) is 0 Å². The van der Waals surface area contributed by atoms with Gasteiger partial charge in [-0.3, -0.25) is 0 Å². The second kappa shape index (κ2) is 10.7. The zero-order valence-corrected chi connectivity index (χ0v) is 18.0. The third kappa shape index (κ3) is 6.13. The van der Waals surface area contributed by atoms with Crippen molar-refractivity contribution in [3.8, 4) is 5.75 Å². The Kier molecular flexibility index (Phi) is 8.01. The minimum Gasteiger partial charge on any atom is -0.423 e. The van der Waals surface area contributed by atoms with Gasteiger partial charge < -0.3 is 4.74 Å². The normalized spacial score (nSPS) is 20.0. The van der Waals surface area contributed by atoms with Gasteiger partial charge in [0.15, 0.2) is 0 Å². The first kappa shape index (κ1) is 22.5. The van der Waals surface area contributed by atoms with Crippen molar-refractivity contribution in [2.45, 2.75) is 65.2 Å². The Labute approximate surface area is 178 Å². The van der Waals surface area contributed by atoms with Gasteiger partial charge in [-0.25, -0.2) is 13.6 Å². The van der Waals surface area contributed by atoms with Gasteiger partial charge >= 0.3 is 5.97 Å². The van der Waals surface area contributed by atoms with Crippen LogP contribution in [0.1, 0.15) is 74.7 Å². The predicted octanol–water partition coefficient (Wildman–Crippen LogP) is 7.36. The summed E-state index contributed by atoms with van der Waals surface area (Å²) in [5.41, 5.74) is 0.804. The summed E-state index contributed by atoms with van der Waals surface area (Å²) in [6.45, 7) is 4.51. The summed E-state index contributed by atoms with van der Waals surface area (Å²) in [6, 6.07) is 9.83. The van der Waals surface area contributed by atoms with Crippen LogP contribution in [0.2, 0.25) is 0 Å². The van der Waals surface area contributed by atoms with Crippen molar-refractivity contribution in [3.05, 3.63) is 65.2 Å². The van der Waals surface area contributed by atoms with Gasteiger partial charge in [0, 0.05) is 0 Å².